The van der Waals surface area contributed by atoms with Gasteiger partial charge in [0.1, 0.15) is 5.75 Å². The number of ether oxygens (including phenoxy) is 1. The van der Waals surface area contributed by atoms with Crippen LogP contribution in [0.4, 0.5) is 0 Å². The molecule has 0 saturated carbocycles. The number of benzene rings is 1. The van der Waals surface area contributed by atoms with Gasteiger partial charge >= 0.3 is 0 Å². The van der Waals surface area contributed by atoms with E-state index in [-0.39, 0.29) is 0 Å². The van der Waals surface area contributed by atoms with Crippen LogP contribution < -0.4 is 10.5 Å². The number of nitrogens with two attached hydrogens (primary N) is 1. The summed E-state index contributed by atoms with van der Waals surface area (Å²) in [5.41, 5.74) is 6.89. The van der Waals surface area contributed by atoms with Crippen LogP contribution in [0.5, 0.6) is 5.75 Å². The molecule has 1 aromatic heterocycles. The Balaban J connectivity index is 1.63. The molecule has 1 fully saturated rings. The van der Waals surface area contributed by atoms with Crippen LogP contribution in [0.2, 0.25) is 0 Å². The third-order valence-corrected chi connectivity index (χ3v) is 6.41. The number of rotatable bonds is 9. The van der Waals surface area contributed by atoms with E-state index in [0.717, 1.165) is 24.5 Å². The van der Waals surface area contributed by atoms with E-state index in [0.29, 0.717) is 18.4 Å². The van der Waals surface area contributed by atoms with Crippen molar-refractivity contribution in [2.45, 2.75) is 45.1 Å². The molecule has 3 nitrogen and oxygen atoms in total. The Morgan fingerprint density at radius 1 is 1.23 bits per heavy atom. The van der Waals surface area contributed by atoms with Gasteiger partial charge in [-0.25, -0.2) is 0 Å². The highest BCUT2D eigenvalue weighted by molar-refractivity contribution is 7.10. The van der Waals surface area contributed by atoms with Crippen molar-refractivity contribution in [3.05, 3.63) is 52.2 Å². The topological polar surface area (TPSA) is 38.5 Å². The van der Waals surface area contributed by atoms with Gasteiger partial charge < -0.3 is 15.4 Å². The SMILES string of the molecule is CCCCCN1CCC(c2cccs2)C(COc2cccc(CN)c2)C1. The molecule has 1 aliphatic heterocycles. The molecule has 0 aliphatic carbocycles. The highest BCUT2D eigenvalue weighted by Gasteiger charge is 2.31. The Kier molecular flexibility index (Phi) is 7.54. The van der Waals surface area contributed by atoms with Crippen molar-refractivity contribution >= 4 is 11.3 Å². The summed E-state index contributed by atoms with van der Waals surface area (Å²) in [5.74, 6) is 2.11. The highest BCUT2D eigenvalue weighted by atomic mass is 32.1. The van der Waals surface area contributed by atoms with Crippen molar-refractivity contribution in [1.29, 1.82) is 0 Å². The monoisotopic (exact) mass is 372 g/mol. The molecule has 0 amide bonds. The molecule has 0 bridgehead atoms. The Labute approximate surface area is 162 Å². The summed E-state index contributed by atoms with van der Waals surface area (Å²) in [6, 6.07) is 12.7. The van der Waals surface area contributed by atoms with Gasteiger partial charge in [0.2, 0.25) is 0 Å². The zero-order valence-corrected chi connectivity index (χ0v) is 16.7. The lowest BCUT2D eigenvalue weighted by atomic mass is 9.84. The predicted octanol–water partition coefficient (Wildman–Crippen LogP) is 4.88. The largest absolute Gasteiger partial charge is 0.493 e. The normalized spacial score (nSPS) is 21.0. The third kappa shape index (κ3) is 5.32. The molecule has 2 N–H and O–H groups in total. The van der Waals surface area contributed by atoms with Crippen LogP contribution in [0.25, 0.3) is 0 Å². The van der Waals surface area contributed by atoms with Crippen LogP contribution in [0.15, 0.2) is 41.8 Å². The number of thiophene rings is 1. The Morgan fingerprint density at radius 2 is 2.15 bits per heavy atom. The summed E-state index contributed by atoms with van der Waals surface area (Å²) in [6.07, 6.45) is 5.17. The zero-order chi connectivity index (χ0) is 18.2. The summed E-state index contributed by atoms with van der Waals surface area (Å²) < 4.78 is 6.21. The van der Waals surface area contributed by atoms with Gasteiger partial charge in [-0.05, 0) is 55.1 Å². The van der Waals surface area contributed by atoms with E-state index in [2.05, 4.69) is 41.5 Å². The van der Waals surface area contributed by atoms with Crippen LogP contribution in [0, 0.1) is 5.92 Å². The van der Waals surface area contributed by atoms with Crippen molar-refractivity contribution < 1.29 is 4.74 Å². The Bertz CT molecular complexity index is 643. The summed E-state index contributed by atoms with van der Waals surface area (Å²) in [7, 11) is 0. The first-order valence-corrected chi connectivity index (χ1v) is 10.9. The number of nitrogens with zero attached hydrogens (tertiary/aromatic N) is 1. The van der Waals surface area contributed by atoms with Gasteiger partial charge in [0, 0.05) is 29.8 Å². The number of likely N-dealkylation sites (tertiary alicyclic amines) is 1. The van der Waals surface area contributed by atoms with Gasteiger partial charge in [-0.15, -0.1) is 11.3 Å². The minimum Gasteiger partial charge on any atom is -0.493 e. The van der Waals surface area contributed by atoms with E-state index >= 15 is 0 Å². The first-order valence-electron chi connectivity index (χ1n) is 9.97. The second-order valence-electron chi connectivity index (χ2n) is 7.34. The second kappa shape index (κ2) is 10.1. The Hall–Kier alpha value is -1.36. The van der Waals surface area contributed by atoms with Gasteiger partial charge in [-0.3, -0.25) is 0 Å². The molecular weight excluding hydrogens is 340 g/mol. The standard InChI is InChI=1S/C22H32N2OS/c1-2-3-4-11-24-12-10-21(22-9-6-13-26-22)19(16-24)17-25-20-8-5-7-18(14-20)15-23/h5-9,13-14,19,21H,2-4,10-12,15-17,23H2,1H3. The number of unbranched alkanes of at least 4 members (excludes halogenated alkanes) is 2. The van der Waals surface area contributed by atoms with Crippen molar-refractivity contribution in [3.8, 4) is 5.75 Å². The molecule has 2 aromatic rings. The smallest absolute Gasteiger partial charge is 0.119 e. The Morgan fingerprint density at radius 3 is 2.92 bits per heavy atom. The molecule has 3 rings (SSSR count). The van der Waals surface area contributed by atoms with Gasteiger partial charge in [-0.2, -0.15) is 0 Å². The van der Waals surface area contributed by atoms with E-state index in [1.54, 1.807) is 0 Å². The fourth-order valence-corrected chi connectivity index (χ4v) is 4.86. The lowest BCUT2D eigenvalue weighted by Crippen LogP contribution is -2.42. The molecule has 1 aliphatic rings. The summed E-state index contributed by atoms with van der Waals surface area (Å²) in [6.45, 7) is 7.19. The van der Waals surface area contributed by atoms with E-state index in [1.165, 1.54) is 43.6 Å². The molecule has 26 heavy (non-hydrogen) atoms. The average molecular weight is 373 g/mol. The molecule has 0 spiro atoms. The summed E-state index contributed by atoms with van der Waals surface area (Å²) >= 11 is 1.89. The molecule has 2 atom stereocenters. The maximum absolute atomic E-state index is 6.21. The van der Waals surface area contributed by atoms with Gasteiger partial charge in [0.25, 0.3) is 0 Å². The van der Waals surface area contributed by atoms with Gasteiger partial charge in [-0.1, -0.05) is 38.0 Å². The van der Waals surface area contributed by atoms with E-state index in [4.69, 9.17) is 10.5 Å². The quantitative estimate of drug-likeness (QED) is 0.638. The van der Waals surface area contributed by atoms with Crippen LogP contribution in [0.3, 0.4) is 0 Å². The summed E-state index contributed by atoms with van der Waals surface area (Å²) in [5, 5.41) is 2.20. The molecule has 1 aromatic carbocycles. The lowest BCUT2D eigenvalue weighted by molar-refractivity contribution is 0.111. The zero-order valence-electron chi connectivity index (χ0n) is 15.9. The number of piperidine rings is 1. The fraction of sp³-hybridized carbons (Fsp3) is 0.545. The lowest BCUT2D eigenvalue weighted by Gasteiger charge is -2.38. The van der Waals surface area contributed by atoms with Gasteiger partial charge in [0.05, 0.1) is 6.61 Å². The van der Waals surface area contributed by atoms with E-state index in [1.807, 2.05) is 23.5 Å². The van der Waals surface area contributed by atoms with Crippen molar-refractivity contribution in [2.24, 2.45) is 11.7 Å². The molecule has 2 heterocycles. The molecule has 1 saturated heterocycles. The predicted molar refractivity (Wildman–Crippen MR) is 111 cm³/mol. The molecular formula is C22H32N2OS. The first-order chi connectivity index (χ1) is 12.8. The number of hydrogen-bond donors (Lipinski definition) is 1. The maximum atomic E-state index is 6.21. The van der Waals surface area contributed by atoms with Crippen molar-refractivity contribution in [2.75, 3.05) is 26.2 Å². The van der Waals surface area contributed by atoms with Gasteiger partial charge in [0.15, 0.2) is 0 Å². The van der Waals surface area contributed by atoms with Crippen LogP contribution >= 0.6 is 11.3 Å². The maximum Gasteiger partial charge on any atom is 0.119 e. The molecule has 4 heteroatoms. The highest BCUT2D eigenvalue weighted by Crippen LogP contribution is 2.36. The molecule has 142 valence electrons. The second-order valence-corrected chi connectivity index (χ2v) is 8.32. The van der Waals surface area contributed by atoms with Crippen LogP contribution in [-0.4, -0.2) is 31.1 Å². The van der Waals surface area contributed by atoms with Crippen LogP contribution in [0.1, 0.15) is 49.0 Å². The number of hydrogen-bond acceptors (Lipinski definition) is 4. The minimum atomic E-state index is 0.547. The minimum absolute atomic E-state index is 0.547. The first kappa shape index (κ1) is 19.4. The van der Waals surface area contributed by atoms with Crippen LogP contribution in [-0.2, 0) is 6.54 Å². The van der Waals surface area contributed by atoms with E-state index < -0.39 is 0 Å². The van der Waals surface area contributed by atoms with Crippen molar-refractivity contribution in [1.82, 2.24) is 4.90 Å². The molecule has 2 unspecified atom stereocenters. The fourth-order valence-electron chi connectivity index (χ4n) is 3.91. The van der Waals surface area contributed by atoms with E-state index in [9.17, 15) is 0 Å². The van der Waals surface area contributed by atoms with Crippen molar-refractivity contribution in [3.63, 3.8) is 0 Å². The third-order valence-electron chi connectivity index (χ3n) is 5.40. The average Bonchev–Trinajstić information content (AvgIpc) is 3.21. The summed E-state index contributed by atoms with van der Waals surface area (Å²) in [4.78, 5) is 4.16. The molecule has 0 radical (unpaired) electrons.